The highest BCUT2D eigenvalue weighted by Crippen LogP contribution is 2.27. The Morgan fingerprint density at radius 3 is 2.62 bits per heavy atom. The van der Waals surface area contributed by atoms with E-state index in [4.69, 9.17) is 11.6 Å². The van der Waals surface area contributed by atoms with E-state index >= 15 is 0 Å². The van der Waals surface area contributed by atoms with Crippen LogP contribution in [0.3, 0.4) is 0 Å². The van der Waals surface area contributed by atoms with E-state index in [9.17, 15) is 5.11 Å². The van der Waals surface area contributed by atoms with Gasteiger partial charge in [0.1, 0.15) is 5.75 Å². The molecule has 0 spiro atoms. The summed E-state index contributed by atoms with van der Waals surface area (Å²) in [4.78, 5) is 0. The number of aromatic hydroxyl groups is 1. The standard InChI is InChI=1S/C14H21ClO/c1-11(2)7-4-3-5-8-12-9-6-10-13(16)14(12)15/h6,9-11,16H,3-5,7-8H2,1-2H3. The van der Waals surface area contributed by atoms with Crippen LogP contribution in [0.2, 0.25) is 5.02 Å². The number of phenolic OH excluding ortho intramolecular Hbond substituents is 1. The molecule has 16 heavy (non-hydrogen) atoms. The lowest BCUT2D eigenvalue weighted by Crippen LogP contribution is -1.90. The van der Waals surface area contributed by atoms with Gasteiger partial charge in [0.15, 0.2) is 0 Å². The number of hydrogen-bond donors (Lipinski definition) is 1. The molecule has 0 aliphatic carbocycles. The molecular weight excluding hydrogens is 220 g/mol. The van der Waals surface area contributed by atoms with Crippen LogP contribution in [-0.4, -0.2) is 5.11 Å². The fraction of sp³-hybridized carbons (Fsp3) is 0.571. The minimum atomic E-state index is 0.196. The molecule has 1 rings (SSSR count). The van der Waals surface area contributed by atoms with Crippen molar-refractivity contribution >= 4 is 11.6 Å². The van der Waals surface area contributed by atoms with E-state index in [-0.39, 0.29) is 5.75 Å². The topological polar surface area (TPSA) is 20.2 Å². The van der Waals surface area contributed by atoms with Gasteiger partial charge >= 0.3 is 0 Å². The van der Waals surface area contributed by atoms with E-state index in [1.165, 1.54) is 19.3 Å². The zero-order valence-electron chi connectivity index (χ0n) is 10.2. The fourth-order valence-corrected chi connectivity index (χ4v) is 2.02. The second kappa shape index (κ2) is 6.80. The van der Waals surface area contributed by atoms with E-state index in [0.29, 0.717) is 5.02 Å². The van der Waals surface area contributed by atoms with Crippen LogP contribution >= 0.6 is 11.6 Å². The Morgan fingerprint density at radius 1 is 1.19 bits per heavy atom. The van der Waals surface area contributed by atoms with Gasteiger partial charge in [-0.1, -0.05) is 56.8 Å². The quantitative estimate of drug-likeness (QED) is 0.708. The summed E-state index contributed by atoms with van der Waals surface area (Å²) >= 11 is 6.01. The average molecular weight is 241 g/mol. The molecule has 1 aromatic rings. The van der Waals surface area contributed by atoms with Crippen LogP contribution in [0.5, 0.6) is 5.75 Å². The van der Waals surface area contributed by atoms with E-state index in [1.54, 1.807) is 6.07 Å². The van der Waals surface area contributed by atoms with Gasteiger partial charge in [0.05, 0.1) is 5.02 Å². The van der Waals surface area contributed by atoms with Crippen molar-refractivity contribution in [1.82, 2.24) is 0 Å². The molecule has 0 aliphatic heterocycles. The number of rotatable bonds is 6. The lowest BCUT2D eigenvalue weighted by Gasteiger charge is -2.06. The average Bonchev–Trinajstić information content (AvgIpc) is 2.23. The summed E-state index contributed by atoms with van der Waals surface area (Å²) in [5.41, 5.74) is 1.06. The lowest BCUT2D eigenvalue weighted by molar-refractivity contribution is 0.474. The normalized spacial score (nSPS) is 11.0. The Kier molecular flexibility index (Phi) is 5.68. The van der Waals surface area contributed by atoms with Crippen LogP contribution in [0.1, 0.15) is 45.1 Å². The van der Waals surface area contributed by atoms with Crippen LogP contribution in [0.4, 0.5) is 0 Å². The number of halogens is 1. The molecule has 0 heterocycles. The van der Waals surface area contributed by atoms with Crippen molar-refractivity contribution in [1.29, 1.82) is 0 Å². The molecule has 1 nitrogen and oxygen atoms in total. The van der Waals surface area contributed by atoms with Gasteiger partial charge in [0.25, 0.3) is 0 Å². The van der Waals surface area contributed by atoms with Crippen LogP contribution in [0.15, 0.2) is 18.2 Å². The third-order valence-corrected chi connectivity index (χ3v) is 3.22. The van der Waals surface area contributed by atoms with Gasteiger partial charge in [0, 0.05) is 0 Å². The largest absolute Gasteiger partial charge is 0.506 e. The van der Waals surface area contributed by atoms with E-state index < -0.39 is 0 Å². The molecule has 0 amide bonds. The zero-order valence-corrected chi connectivity index (χ0v) is 10.9. The first-order chi connectivity index (χ1) is 7.61. The van der Waals surface area contributed by atoms with Crippen LogP contribution in [0, 0.1) is 5.92 Å². The van der Waals surface area contributed by atoms with Gasteiger partial charge in [-0.2, -0.15) is 0 Å². The highest BCUT2D eigenvalue weighted by Gasteiger charge is 2.04. The second-order valence-electron chi connectivity index (χ2n) is 4.74. The predicted octanol–water partition coefficient (Wildman–Crippen LogP) is 4.80. The molecule has 1 N–H and O–H groups in total. The van der Waals surface area contributed by atoms with Gasteiger partial charge in [-0.25, -0.2) is 0 Å². The maximum Gasteiger partial charge on any atom is 0.134 e. The molecule has 0 fully saturated rings. The summed E-state index contributed by atoms with van der Waals surface area (Å²) < 4.78 is 0. The number of hydrogen-bond acceptors (Lipinski definition) is 1. The molecular formula is C14H21ClO. The maximum atomic E-state index is 9.44. The van der Waals surface area contributed by atoms with Gasteiger partial charge in [-0.05, 0) is 30.4 Å². The van der Waals surface area contributed by atoms with E-state index in [2.05, 4.69) is 13.8 Å². The third-order valence-electron chi connectivity index (χ3n) is 2.79. The smallest absolute Gasteiger partial charge is 0.134 e. The van der Waals surface area contributed by atoms with Gasteiger partial charge in [-0.15, -0.1) is 0 Å². The molecule has 0 saturated heterocycles. The highest BCUT2D eigenvalue weighted by atomic mass is 35.5. The maximum absolute atomic E-state index is 9.44. The minimum Gasteiger partial charge on any atom is -0.506 e. The van der Waals surface area contributed by atoms with E-state index in [1.807, 2.05) is 12.1 Å². The SMILES string of the molecule is CC(C)CCCCCc1cccc(O)c1Cl. The van der Waals surface area contributed by atoms with Crippen molar-refractivity contribution < 1.29 is 5.11 Å². The first-order valence-corrected chi connectivity index (χ1v) is 6.45. The molecule has 90 valence electrons. The first kappa shape index (κ1) is 13.4. The molecule has 0 aliphatic rings. The summed E-state index contributed by atoms with van der Waals surface area (Å²) in [6, 6.07) is 5.47. The van der Waals surface area contributed by atoms with Crippen molar-refractivity contribution in [3.05, 3.63) is 28.8 Å². The molecule has 0 unspecified atom stereocenters. The Hall–Kier alpha value is -0.690. The zero-order chi connectivity index (χ0) is 12.0. The molecule has 0 radical (unpaired) electrons. The Bertz CT molecular complexity index is 321. The molecule has 0 saturated carbocycles. The Labute approximate surface area is 103 Å². The fourth-order valence-electron chi connectivity index (χ4n) is 1.80. The number of phenols is 1. The van der Waals surface area contributed by atoms with E-state index in [0.717, 1.165) is 24.3 Å². The molecule has 1 aromatic carbocycles. The number of benzene rings is 1. The van der Waals surface area contributed by atoms with Crippen molar-refractivity contribution in [2.45, 2.75) is 46.0 Å². The van der Waals surface area contributed by atoms with Crippen molar-refractivity contribution in [3.63, 3.8) is 0 Å². The molecule has 0 atom stereocenters. The lowest BCUT2D eigenvalue weighted by atomic mass is 10.0. The second-order valence-corrected chi connectivity index (χ2v) is 5.12. The molecule has 2 heteroatoms. The Morgan fingerprint density at radius 2 is 1.94 bits per heavy atom. The number of unbranched alkanes of at least 4 members (excludes halogenated alkanes) is 2. The summed E-state index contributed by atoms with van der Waals surface area (Å²) in [5, 5.41) is 9.96. The van der Waals surface area contributed by atoms with Crippen LogP contribution < -0.4 is 0 Å². The van der Waals surface area contributed by atoms with Crippen molar-refractivity contribution in [2.75, 3.05) is 0 Å². The Balaban J connectivity index is 2.29. The minimum absolute atomic E-state index is 0.196. The summed E-state index contributed by atoms with van der Waals surface area (Å²) in [5.74, 6) is 0.991. The first-order valence-electron chi connectivity index (χ1n) is 6.07. The van der Waals surface area contributed by atoms with Gasteiger partial charge < -0.3 is 5.11 Å². The van der Waals surface area contributed by atoms with Gasteiger partial charge in [0.2, 0.25) is 0 Å². The van der Waals surface area contributed by atoms with Crippen LogP contribution in [-0.2, 0) is 6.42 Å². The molecule has 0 bridgehead atoms. The summed E-state index contributed by atoms with van der Waals surface area (Å²) in [6.07, 6.45) is 5.94. The van der Waals surface area contributed by atoms with Crippen LogP contribution in [0.25, 0.3) is 0 Å². The van der Waals surface area contributed by atoms with Gasteiger partial charge in [-0.3, -0.25) is 0 Å². The highest BCUT2D eigenvalue weighted by molar-refractivity contribution is 6.32. The van der Waals surface area contributed by atoms with Crippen molar-refractivity contribution in [2.24, 2.45) is 5.92 Å². The number of aryl methyl sites for hydroxylation is 1. The van der Waals surface area contributed by atoms with Crippen molar-refractivity contribution in [3.8, 4) is 5.75 Å². The summed E-state index contributed by atoms with van der Waals surface area (Å²) in [7, 11) is 0. The molecule has 0 aromatic heterocycles. The predicted molar refractivity (Wildman–Crippen MR) is 70.1 cm³/mol. The third kappa shape index (κ3) is 4.44. The summed E-state index contributed by atoms with van der Waals surface area (Å²) in [6.45, 7) is 4.51. The monoisotopic (exact) mass is 240 g/mol.